The maximum absolute atomic E-state index is 6.07. The molecule has 1 heterocycles. The third kappa shape index (κ3) is 5.53. The Morgan fingerprint density at radius 3 is 2.78 bits per heavy atom. The Kier molecular flexibility index (Phi) is 8.68. The molecule has 2 atom stereocenters. The summed E-state index contributed by atoms with van der Waals surface area (Å²) in [5.74, 6) is 1.45. The van der Waals surface area contributed by atoms with Gasteiger partial charge in [-0.25, -0.2) is 0 Å². The Morgan fingerprint density at radius 2 is 2.09 bits per heavy atom. The monoisotopic (exact) mass is 432 g/mol. The van der Waals surface area contributed by atoms with Gasteiger partial charge in [0.2, 0.25) is 0 Å². The molecule has 1 aliphatic heterocycles. The predicted molar refractivity (Wildman–Crippen MR) is 107 cm³/mol. The van der Waals surface area contributed by atoms with Crippen LogP contribution in [0.25, 0.3) is 0 Å². The molecule has 23 heavy (non-hydrogen) atoms. The third-order valence-corrected chi connectivity index (χ3v) is 4.24. The van der Waals surface area contributed by atoms with E-state index in [1.165, 1.54) is 0 Å². The lowest BCUT2D eigenvalue weighted by Crippen LogP contribution is -2.39. The molecule has 1 aliphatic rings. The van der Waals surface area contributed by atoms with E-state index >= 15 is 0 Å². The van der Waals surface area contributed by atoms with E-state index in [4.69, 9.17) is 10.5 Å². The molecule has 0 aliphatic carbocycles. The van der Waals surface area contributed by atoms with Gasteiger partial charge in [0.25, 0.3) is 0 Å². The molecule has 2 unspecified atom stereocenters. The fourth-order valence-corrected chi connectivity index (χ4v) is 2.91. The van der Waals surface area contributed by atoms with Crippen LogP contribution < -0.4 is 15.8 Å². The van der Waals surface area contributed by atoms with Crippen LogP contribution in [0.4, 0.5) is 0 Å². The van der Waals surface area contributed by atoms with Crippen LogP contribution in [0.5, 0.6) is 5.75 Å². The van der Waals surface area contributed by atoms with Gasteiger partial charge in [0, 0.05) is 18.0 Å². The Morgan fingerprint density at radius 1 is 1.39 bits per heavy atom. The summed E-state index contributed by atoms with van der Waals surface area (Å²) in [5.41, 5.74) is 7.23. The average molecular weight is 432 g/mol. The molecule has 1 aromatic carbocycles. The zero-order valence-corrected chi connectivity index (χ0v) is 16.6. The van der Waals surface area contributed by atoms with Crippen molar-refractivity contribution in [1.82, 2.24) is 10.2 Å². The molecule has 0 aromatic heterocycles. The highest BCUT2D eigenvalue weighted by Gasteiger charge is 2.21. The van der Waals surface area contributed by atoms with E-state index in [0.29, 0.717) is 25.2 Å². The summed E-state index contributed by atoms with van der Waals surface area (Å²) < 4.78 is 5.67. The van der Waals surface area contributed by atoms with Crippen molar-refractivity contribution in [1.29, 1.82) is 0 Å². The number of para-hydroxylation sites is 1. The zero-order chi connectivity index (χ0) is 15.9. The predicted octanol–water partition coefficient (Wildman–Crippen LogP) is 2.76. The lowest BCUT2D eigenvalue weighted by molar-refractivity contribution is 0.236. The van der Waals surface area contributed by atoms with Crippen LogP contribution in [0.3, 0.4) is 0 Å². The summed E-state index contributed by atoms with van der Waals surface area (Å²) in [6.45, 7) is 10.0. The fourth-order valence-electron chi connectivity index (χ4n) is 2.91. The molecule has 0 bridgehead atoms. The number of ether oxygens (including phenoxy) is 1. The maximum atomic E-state index is 6.07. The number of aliphatic imine (C=N–C) groups is 1. The summed E-state index contributed by atoms with van der Waals surface area (Å²) >= 11 is 0. The van der Waals surface area contributed by atoms with E-state index in [1.807, 2.05) is 18.2 Å². The number of likely N-dealkylation sites (N-methyl/N-ethyl adjacent to an activating group) is 1. The summed E-state index contributed by atoms with van der Waals surface area (Å²) in [6.07, 6.45) is 0.902. The first-order valence-electron chi connectivity index (χ1n) is 8.17. The first-order chi connectivity index (χ1) is 10.7. The summed E-state index contributed by atoms with van der Waals surface area (Å²) in [4.78, 5) is 6.88. The topological polar surface area (TPSA) is 62.9 Å². The van der Waals surface area contributed by atoms with E-state index in [-0.39, 0.29) is 30.0 Å². The van der Waals surface area contributed by atoms with E-state index in [9.17, 15) is 0 Å². The van der Waals surface area contributed by atoms with Crippen molar-refractivity contribution in [2.24, 2.45) is 10.7 Å². The van der Waals surface area contributed by atoms with Crippen molar-refractivity contribution in [3.63, 3.8) is 0 Å². The van der Waals surface area contributed by atoms with Crippen LogP contribution in [0.15, 0.2) is 29.3 Å². The molecular formula is C17H29IN4O. The van der Waals surface area contributed by atoms with Gasteiger partial charge in [-0.3, -0.25) is 9.89 Å². The molecular weight excluding hydrogens is 403 g/mol. The second-order valence-corrected chi connectivity index (χ2v) is 5.67. The van der Waals surface area contributed by atoms with Crippen molar-refractivity contribution < 1.29 is 4.74 Å². The molecule has 130 valence electrons. The van der Waals surface area contributed by atoms with Crippen LogP contribution in [0, 0.1) is 0 Å². The molecule has 0 saturated heterocycles. The SMILES string of the molecule is CCN(CC)C(C)CN=C(N)NC1CCOc2ccccc21.I. The minimum Gasteiger partial charge on any atom is -0.493 e. The number of benzene rings is 1. The molecule has 0 saturated carbocycles. The van der Waals surface area contributed by atoms with E-state index in [1.54, 1.807) is 0 Å². The molecule has 6 heteroatoms. The fraction of sp³-hybridized carbons (Fsp3) is 0.588. The highest BCUT2D eigenvalue weighted by atomic mass is 127. The van der Waals surface area contributed by atoms with E-state index < -0.39 is 0 Å². The Labute approximate surface area is 156 Å². The highest BCUT2D eigenvalue weighted by molar-refractivity contribution is 14.0. The van der Waals surface area contributed by atoms with E-state index in [0.717, 1.165) is 30.8 Å². The maximum Gasteiger partial charge on any atom is 0.189 e. The van der Waals surface area contributed by atoms with Crippen molar-refractivity contribution in [3.05, 3.63) is 29.8 Å². The largest absolute Gasteiger partial charge is 0.493 e. The van der Waals surface area contributed by atoms with Crippen LogP contribution in [0.2, 0.25) is 0 Å². The lowest BCUT2D eigenvalue weighted by Gasteiger charge is -2.27. The Balaban J connectivity index is 0.00000264. The van der Waals surface area contributed by atoms with Crippen LogP contribution in [-0.4, -0.2) is 43.1 Å². The molecule has 0 fully saturated rings. The minimum absolute atomic E-state index is 0. The highest BCUT2D eigenvalue weighted by Crippen LogP contribution is 2.31. The van der Waals surface area contributed by atoms with Gasteiger partial charge in [0.1, 0.15) is 5.75 Å². The first kappa shape index (κ1) is 20.0. The first-order valence-corrected chi connectivity index (χ1v) is 8.17. The van der Waals surface area contributed by atoms with Crippen molar-refractivity contribution in [2.45, 2.75) is 39.3 Å². The molecule has 0 spiro atoms. The average Bonchev–Trinajstić information content (AvgIpc) is 2.54. The van der Waals surface area contributed by atoms with Crippen LogP contribution >= 0.6 is 24.0 Å². The van der Waals surface area contributed by atoms with Crippen molar-refractivity contribution >= 4 is 29.9 Å². The normalized spacial score (nSPS) is 18.6. The number of nitrogens with two attached hydrogens (primary N) is 1. The van der Waals surface area contributed by atoms with Gasteiger partial charge in [-0.05, 0) is 26.1 Å². The van der Waals surface area contributed by atoms with Gasteiger partial charge < -0.3 is 15.8 Å². The van der Waals surface area contributed by atoms with Gasteiger partial charge in [-0.1, -0.05) is 32.0 Å². The number of rotatable bonds is 6. The van der Waals surface area contributed by atoms with Gasteiger partial charge in [0.05, 0.1) is 19.2 Å². The number of guanidine groups is 1. The standard InChI is InChI=1S/C17H28N4O.HI/c1-4-21(5-2)13(3)12-19-17(18)20-15-10-11-22-16-9-7-6-8-14(15)16;/h6-9,13,15H,4-5,10-12H2,1-3H3,(H3,18,19,20);1H. The van der Waals surface area contributed by atoms with Crippen molar-refractivity contribution in [3.8, 4) is 5.75 Å². The summed E-state index contributed by atoms with van der Waals surface area (Å²) in [7, 11) is 0. The van der Waals surface area contributed by atoms with Gasteiger partial charge >= 0.3 is 0 Å². The number of hydrogen-bond donors (Lipinski definition) is 2. The summed E-state index contributed by atoms with van der Waals surface area (Å²) in [5, 5.41) is 3.33. The molecule has 0 amide bonds. The second-order valence-electron chi connectivity index (χ2n) is 5.67. The van der Waals surface area contributed by atoms with Gasteiger partial charge in [-0.15, -0.1) is 24.0 Å². The van der Waals surface area contributed by atoms with Gasteiger partial charge in [-0.2, -0.15) is 0 Å². The molecule has 3 N–H and O–H groups in total. The Hall–Kier alpha value is -1.02. The second kappa shape index (κ2) is 9.97. The van der Waals surface area contributed by atoms with Crippen molar-refractivity contribution in [2.75, 3.05) is 26.2 Å². The minimum atomic E-state index is 0. The van der Waals surface area contributed by atoms with Crippen LogP contribution in [0.1, 0.15) is 38.8 Å². The molecule has 1 aromatic rings. The quantitative estimate of drug-likeness (QED) is 0.412. The number of hydrogen-bond acceptors (Lipinski definition) is 3. The zero-order valence-electron chi connectivity index (χ0n) is 14.3. The summed E-state index contributed by atoms with van der Waals surface area (Å²) in [6, 6.07) is 8.68. The van der Waals surface area contributed by atoms with Gasteiger partial charge in [0.15, 0.2) is 5.96 Å². The number of nitrogens with one attached hydrogen (secondary N) is 1. The molecule has 5 nitrogen and oxygen atoms in total. The smallest absolute Gasteiger partial charge is 0.189 e. The Bertz CT molecular complexity index is 505. The third-order valence-electron chi connectivity index (χ3n) is 4.24. The molecule has 2 rings (SSSR count). The number of fused-ring (bicyclic) bond motifs is 1. The lowest BCUT2D eigenvalue weighted by atomic mass is 10.0. The number of halogens is 1. The molecule has 0 radical (unpaired) electrons. The van der Waals surface area contributed by atoms with E-state index in [2.05, 4.69) is 42.0 Å². The number of nitrogens with zero attached hydrogens (tertiary/aromatic N) is 2. The van der Waals surface area contributed by atoms with Crippen LogP contribution in [-0.2, 0) is 0 Å².